The topological polar surface area (TPSA) is 311 Å². The second-order valence-electron chi connectivity index (χ2n) is 12.6. The van der Waals surface area contributed by atoms with Crippen molar-refractivity contribution in [3.63, 3.8) is 0 Å². The van der Waals surface area contributed by atoms with Crippen LogP contribution in [-0.2, 0) is 33.2 Å². The maximum Gasteiger partial charge on any atom is 0.187 e. The van der Waals surface area contributed by atoms with E-state index in [1.807, 2.05) is 0 Å². The molecule has 0 aliphatic carbocycles. The highest BCUT2D eigenvalue weighted by atomic mass is 32.2. The number of aliphatic imine (C=N–C) groups is 1. The fourth-order valence-corrected chi connectivity index (χ4v) is 8.13. The lowest BCUT2D eigenvalue weighted by molar-refractivity contribution is -0.335. The van der Waals surface area contributed by atoms with E-state index in [9.17, 15) is 46.0 Å². The summed E-state index contributed by atoms with van der Waals surface area (Å²) < 4.78 is 39.9. The highest BCUT2D eigenvalue weighted by Gasteiger charge is 2.49. The van der Waals surface area contributed by atoms with E-state index in [0.717, 1.165) is 23.3 Å². The smallest absolute Gasteiger partial charge is 0.187 e. The Kier molecular flexibility index (Phi) is 22.5. The lowest BCUT2D eigenvalue weighted by Crippen LogP contribution is -2.62. The summed E-state index contributed by atoms with van der Waals surface area (Å²) in [5.41, 5.74) is 10.6. The summed E-state index contributed by atoms with van der Waals surface area (Å²) >= 11 is 4.36. The molecule has 3 aliphatic rings. The van der Waals surface area contributed by atoms with Crippen molar-refractivity contribution in [2.75, 3.05) is 82.0 Å². The molecule has 0 spiro atoms. The summed E-state index contributed by atoms with van der Waals surface area (Å²) in [6.07, 6.45) is -16.3. The average molecular weight is 826 g/mol. The molecule has 3 heterocycles. The van der Waals surface area contributed by atoms with Gasteiger partial charge in [-0.3, -0.25) is 4.99 Å². The summed E-state index contributed by atoms with van der Waals surface area (Å²) in [6.45, 7) is 0.0299. The Morgan fingerprint density at radius 1 is 0.660 bits per heavy atom. The van der Waals surface area contributed by atoms with Crippen LogP contribution < -0.4 is 11.5 Å². The number of amidine groups is 1. The molecule has 53 heavy (non-hydrogen) atoms. The van der Waals surface area contributed by atoms with Crippen LogP contribution in [0.4, 0.5) is 0 Å². The van der Waals surface area contributed by atoms with Crippen molar-refractivity contribution in [1.82, 2.24) is 0 Å². The average Bonchev–Trinajstić information content (AvgIpc) is 3.15. The lowest BCUT2D eigenvalue weighted by Gasteiger charge is -2.44. The Balaban J connectivity index is 1.40. The predicted molar refractivity (Wildman–Crippen MR) is 197 cm³/mol. The molecule has 5 unspecified atom stereocenters. The lowest BCUT2D eigenvalue weighted by atomic mass is 9.98. The van der Waals surface area contributed by atoms with Gasteiger partial charge in [0.15, 0.2) is 12.6 Å². The largest absolute Gasteiger partial charge is 0.394 e. The van der Waals surface area contributed by atoms with Crippen molar-refractivity contribution in [3.05, 3.63) is 0 Å². The van der Waals surface area contributed by atoms with E-state index in [1.54, 1.807) is 23.5 Å². The van der Waals surface area contributed by atoms with E-state index >= 15 is 0 Å². The number of thioether (sulfide) groups is 3. The van der Waals surface area contributed by atoms with Gasteiger partial charge in [-0.05, 0) is 24.3 Å². The van der Waals surface area contributed by atoms with Gasteiger partial charge in [-0.1, -0.05) is 0 Å². The van der Waals surface area contributed by atoms with E-state index in [4.69, 9.17) is 44.6 Å². The SMILES string of the molecule is CO[C@H]1OC(CO[C@H]2OC(CO)[C@@H](O)[C@H](O)C2OCCCSCCN=C(N)CS[C@@H]2O[C@@H](CO)[C@H](O)[C@H](O)C2O)[C@@H](O)[C@H](O)C1OCCCSCCN. The summed E-state index contributed by atoms with van der Waals surface area (Å²) in [7, 11) is 1.38. The number of methoxy groups -OCH3 is 1. The molecule has 0 radical (unpaired) electrons. The third-order valence-corrected chi connectivity index (χ3v) is 12.0. The first-order valence-corrected chi connectivity index (χ1v) is 20.9. The molecule has 3 saturated heterocycles. The maximum absolute atomic E-state index is 10.8. The third kappa shape index (κ3) is 14.3. The van der Waals surface area contributed by atoms with E-state index in [1.165, 1.54) is 7.11 Å². The summed E-state index contributed by atoms with van der Waals surface area (Å²) in [5.74, 6) is 3.42. The van der Waals surface area contributed by atoms with Crippen LogP contribution in [-0.4, -0.2) is 225 Å². The molecule has 3 rings (SSSR count). The molecule has 3 fully saturated rings. The Morgan fingerprint density at radius 3 is 1.81 bits per heavy atom. The number of nitrogens with zero attached hydrogens (tertiary/aromatic N) is 1. The van der Waals surface area contributed by atoms with Gasteiger partial charge in [0.05, 0.1) is 25.6 Å². The van der Waals surface area contributed by atoms with Crippen LogP contribution in [0.1, 0.15) is 12.8 Å². The Labute approximate surface area is 322 Å². The van der Waals surface area contributed by atoms with Gasteiger partial charge in [0, 0.05) is 44.9 Å². The maximum atomic E-state index is 10.8. The molecular weight excluding hydrogens is 767 g/mol. The molecule has 3 aliphatic heterocycles. The number of nitrogens with two attached hydrogens (primary N) is 2. The highest BCUT2D eigenvalue weighted by Crippen LogP contribution is 2.30. The van der Waals surface area contributed by atoms with Gasteiger partial charge in [0.25, 0.3) is 0 Å². The van der Waals surface area contributed by atoms with Crippen molar-refractivity contribution in [2.24, 2.45) is 16.5 Å². The first-order chi connectivity index (χ1) is 25.5. The number of aliphatic hydroxyl groups excluding tert-OH is 9. The van der Waals surface area contributed by atoms with Crippen molar-refractivity contribution in [3.8, 4) is 0 Å². The molecule has 15 atom stereocenters. The highest BCUT2D eigenvalue weighted by molar-refractivity contribution is 8.00. The van der Waals surface area contributed by atoms with Gasteiger partial charge in [-0.15, -0.1) is 11.8 Å². The van der Waals surface area contributed by atoms with E-state index < -0.39 is 104 Å². The Morgan fingerprint density at radius 2 is 1.21 bits per heavy atom. The fourth-order valence-electron chi connectivity index (χ4n) is 5.69. The van der Waals surface area contributed by atoms with Gasteiger partial charge < -0.3 is 90.6 Å². The molecular formula is C31H59N3O16S3. The Hall–Kier alpha value is -0.160. The van der Waals surface area contributed by atoms with E-state index in [0.29, 0.717) is 49.9 Å². The molecule has 13 N–H and O–H groups in total. The minimum absolute atomic E-state index is 0.159. The van der Waals surface area contributed by atoms with Gasteiger partial charge in [-0.25, -0.2) is 0 Å². The van der Waals surface area contributed by atoms with Crippen LogP contribution in [0.15, 0.2) is 4.99 Å². The van der Waals surface area contributed by atoms with Gasteiger partial charge in [0.2, 0.25) is 0 Å². The molecule has 0 bridgehead atoms. The molecule has 312 valence electrons. The minimum atomic E-state index is -1.47. The molecule has 0 aromatic heterocycles. The monoisotopic (exact) mass is 825 g/mol. The third-order valence-electron chi connectivity index (χ3n) is 8.67. The quantitative estimate of drug-likeness (QED) is 0.0248. The predicted octanol–water partition coefficient (Wildman–Crippen LogP) is -4.60. The minimum Gasteiger partial charge on any atom is -0.394 e. The van der Waals surface area contributed by atoms with Crippen LogP contribution in [0.5, 0.6) is 0 Å². The second-order valence-corrected chi connectivity index (χ2v) is 16.1. The molecule has 22 heteroatoms. The van der Waals surface area contributed by atoms with Crippen molar-refractivity contribution >= 4 is 41.1 Å². The first-order valence-electron chi connectivity index (χ1n) is 17.6. The van der Waals surface area contributed by atoms with Gasteiger partial charge in [0.1, 0.15) is 84.5 Å². The Bertz CT molecular complexity index is 1030. The number of hydrogen-bond acceptors (Lipinski definition) is 21. The van der Waals surface area contributed by atoms with Crippen LogP contribution in [0.25, 0.3) is 0 Å². The zero-order valence-electron chi connectivity index (χ0n) is 29.8. The summed E-state index contributed by atoms with van der Waals surface area (Å²) in [4.78, 5) is 4.30. The van der Waals surface area contributed by atoms with Crippen LogP contribution in [0.3, 0.4) is 0 Å². The summed E-state index contributed by atoms with van der Waals surface area (Å²) in [5, 5.41) is 92.0. The van der Waals surface area contributed by atoms with E-state index in [-0.39, 0.29) is 19.0 Å². The van der Waals surface area contributed by atoms with Crippen molar-refractivity contribution < 1.29 is 79.1 Å². The number of rotatable bonds is 24. The normalized spacial score (nSPS) is 38.3. The first kappa shape index (κ1) is 47.2. The molecule has 0 aromatic carbocycles. The van der Waals surface area contributed by atoms with Crippen LogP contribution >= 0.6 is 35.3 Å². The zero-order chi connectivity index (χ0) is 38.9. The fraction of sp³-hybridized carbons (Fsp3) is 0.968. The van der Waals surface area contributed by atoms with Crippen LogP contribution in [0.2, 0.25) is 0 Å². The van der Waals surface area contributed by atoms with Crippen molar-refractivity contribution in [2.45, 2.75) is 104 Å². The molecule has 0 aromatic rings. The summed E-state index contributed by atoms with van der Waals surface area (Å²) in [6, 6.07) is 0. The molecule has 0 saturated carbocycles. The number of ether oxygens (including phenoxy) is 7. The van der Waals surface area contributed by atoms with Crippen molar-refractivity contribution in [1.29, 1.82) is 0 Å². The van der Waals surface area contributed by atoms with Gasteiger partial charge >= 0.3 is 0 Å². The molecule has 19 nitrogen and oxygen atoms in total. The molecule has 0 amide bonds. The zero-order valence-corrected chi connectivity index (χ0v) is 32.2. The second kappa shape index (κ2) is 25.3. The van der Waals surface area contributed by atoms with Crippen LogP contribution in [0, 0.1) is 0 Å². The number of aliphatic hydroxyl groups is 9. The van der Waals surface area contributed by atoms with Gasteiger partial charge in [-0.2, -0.15) is 23.5 Å². The standard InChI is InChI=1S/C31H59N3O16S3/c1-44-29-27(45-6-2-8-51-10-4-32)25(42)22(39)18(49-29)14-47-30-28(24(41)21(38)16(12-35)48-30)46-7-3-9-52-11-5-34-19(33)15-53-31-26(43)23(40)20(37)17(13-36)50-31/h16-18,20-31,35-43H,2-15,32H2,1H3,(H2,33,34)/t16?,17-,18?,20-,21+,22+,23-,24-,25-,26?,27?,28?,29-,30-,31-/m0/s1. The number of hydrogen-bond donors (Lipinski definition) is 11. The van der Waals surface area contributed by atoms with E-state index in [2.05, 4.69) is 4.99 Å².